The maximum absolute atomic E-state index is 5.47. The van der Waals surface area contributed by atoms with Crippen LogP contribution in [0, 0.1) is 0 Å². The van der Waals surface area contributed by atoms with Gasteiger partial charge in [0, 0.05) is 25.2 Å². The number of nitrogens with one attached hydrogen (secondary N) is 1. The maximum atomic E-state index is 5.47. The molecule has 0 aliphatic carbocycles. The second kappa shape index (κ2) is 9.69. The van der Waals surface area contributed by atoms with Crippen LogP contribution in [-0.4, -0.2) is 53.4 Å². The van der Waals surface area contributed by atoms with Gasteiger partial charge in [-0.1, -0.05) is 6.07 Å². The van der Waals surface area contributed by atoms with Crippen LogP contribution >= 0.6 is 12.4 Å². The van der Waals surface area contributed by atoms with Crippen LogP contribution in [0.15, 0.2) is 12.1 Å². The van der Waals surface area contributed by atoms with Crippen LogP contribution in [0.25, 0.3) is 0 Å². The summed E-state index contributed by atoms with van der Waals surface area (Å²) in [7, 11) is 8.91. The van der Waals surface area contributed by atoms with E-state index in [0.29, 0.717) is 11.5 Å². The van der Waals surface area contributed by atoms with Gasteiger partial charge in [0.1, 0.15) is 0 Å². The number of methoxy groups -OCH3 is 3. The lowest BCUT2D eigenvalue weighted by Crippen LogP contribution is -2.27. The molecule has 0 aromatic heterocycles. The van der Waals surface area contributed by atoms with E-state index in [0.717, 1.165) is 30.9 Å². The minimum atomic E-state index is 0. The standard InChI is InChI=1S/C14H24N2O3.ClH/c1-15-8-9-16(2)10-11-6-7-12(17-3)14(19-5)13(11)18-4;/h6-7,15H,8-10H2,1-5H3;1H. The topological polar surface area (TPSA) is 43.0 Å². The van der Waals surface area contributed by atoms with Gasteiger partial charge >= 0.3 is 0 Å². The minimum absolute atomic E-state index is 0. The van der Waals surface area contributed by atoms with Crippen LogP contribution in [0.3, 0.4) is 0 Å². The zero-order valence-electron chi connectivity index (χ0n) is 12.9. The third-order valence-electron chi connectivity index (χ3n) is 2.97. The van der Waals surface area contributed by atoms with Gasteiger partial charge in [-0.15, -0.1) is 12.4 Å². The number of hydrogen-bond acceptors (Lipinski definition) is 5. The van der Waals surface area contributed by atoms with Crippen molar-refractivity contribution in [2.45, 2.75) is 6.54 Å². The summed E-state index contributed by atoms with van der Waals surface area (Å²) in [5, 5.41) is 3.14. The molecule has 0 fully saturated rings. The Morgan fingerprint density at radius 3 is 2.20 bits per heavy atom. The number of benzene rings is 1. The van der Waals surface area contributed by atoms with Crippen molar-refractivity contribution in [3.05, 3.63) is 17.7 Å². The predicted octanol–water partition coefficient (Wildman–Crippen LogP) is 1.79. The molecule has 0 heterocycles. The molecule has 1 aromatic carbocycles. The van der Waals surface area contributed by atoms with E-state index >= 15 is 0 Å². The molecule has 1 N–H and O–H groups in total. The number of nitrogens with zero attached hydrogens (tertiary/aromatic N) is 1. The third-order valence-corrected chi connectivity index (χ3v) is 2.97. The molecular weight excluding hydrogens is 280 g/mol. The summed E-state index contributed by atoms with van der Waals surface area (Å²) in [4.78, 5) is 2.22. The first kappa shape index (κ1) is 18.8. The van der Waals surface area contributed by atoms with Crippen molar-refractivity contribution in [3.63, 3.8) is 0 Å². The van der Waals surface area contributed by atoms with Gasteiger partial charge in [0.25, 0.3) is 0 Å². The largest absolute Gasteiger partial charge is 0.493 e. The average molecular weight is 305 g/mol. The second-order valence-electron chi connectivity index (χ2n) is 4.33. The van der Waals surface area contributed by atoms with Crippen LogP contribution in [0.5, 0.6) is 17.2 Å². The van der Waals surface area contributed by atoms with Gasteiger partial charge in [0.15, 0.2) is 11.5 Å². The molecule has 6 heteroatoms. The van der Waals surface area contributed by atoms with E-state index in [-0.39, 0.29) is 12.4 Å². The van der Waals surface area contributed by atoms with E-state index in [1.54, 1.807) is 21.3 Å². The molecule has 0 aliphatic rings. The summed E-state index contributed by atoms with van der Waals surface area (Å²) < 4.78 is 16.1. The molecule has 0 saturated heterocycles. The number of hydrogen-bond donors (Lipinski definition) is 1. The van der Waals surface area contributed by atoms with Gasteiger partial charge in [0.2, 0.25) is 5.75 Å². The van der Waals surface area contributed by atoms with E-state index in [4.69, 9.17) is 14.2 Å². The summed E-state index contributed by atoms with van der Waals surface area (Å²) in [5.41, 5.74) is 1.08. The van der Waals surface area contributed by atoms with E-state index in [1.807, 2.05) is 19.2 Å². The first-order valence-electron chi connectivity index (χ1n) is 6.28. The number of ether oxygens (including phenoxy) is 3. The second-order valence-corrected chi connectivity index (χ2v) is 4.33. The van der Waals surface area contributed by atoms with Crippen LogP contribution in [-0.2, 0) is 6.54 Å². The molecular formula is C14H25ClN2O3. The number of likely N-dealkylation sites (N-methyl/N-ethyl adjacent to an activating group) is 2. The average Bonchev–Trinajstić information content (AvgIpc) is 2.44. The molecule has 0 saturated carbocycles. The Morgan fingerprint density at radius 1 is 1.05 bits per heavy atom. The van der Waals surface area contributed by atoms with E-state index in [1.165, 1.54) is 0 Å². The summed E-state index contributed by atoms with van der Waals surface area (Å²) in [6.07, 6.45) is 0. The maximum Gasteiger partial charge on any atom is 0.203 e. The summed E-state index contributed by atoms with van der Waals surface area (Å²) >= 11 is 0. The van der Waals surface area contributed by atoms with E-state index in [9.17, 15) is 0 Å². The van der Waals surface area contributed by atoms with Gasteiger partial charge in [-0.2, -0.15) is 0 Å². The Labute approximate surface area is 127 Å². The van der Waals surface area contributed by atoms with Gasteiger partial charge in [-0.05, 0) is 20.2 Å². The molecule has 0 spiro atoms. The fourth-order valence-electron chi connectivity index (χ4n) is 1.96. The van der Waals surface area contributed by atoms with Crippen molar-refractivity contribution in [3.8, 4) is 17.2 Å². The SMILES string of the molecule is CNCCN(C)Cc1ccc(OC)c(OC)c1OC.Cl. The zero-order chi connectivity index (χ0) is 14.3. The monoisotopic (exact) mass is 304 g/mol. The highest BCUT2D eigenvalue weighted by molar-refractivity contribution is 5.85. The lowest BCUT2D eigenvalue weighted by atomic mass is 10.1. The molecule has 0 unspecified atom stereocenters. The first-order chi connectivity index (χ1) is 9.17. The first-order valence-corrected chi connectivity index (χ1v) is 6.28. The van der Waals surface area contributed by atoms with Gasteiger partial charge < -0.3 is 24.4 Å². The summed E-state index contributed by atoms with van der Waals surface area (Å²) in [6.45, 7) is 2.71. The van der Waals surface area contributed by atoms with Crippen molar-refractivity contribution >= 4 is 12.4 Å². The van der Waals surface area contributed by atoms with Crippen LogP contribution in [0.2, 0.25) is 0 Å². The number of rotatable bonds is 8. The van der Waals surface area contributed by atoms with Crippen molar-refractivity contribution in [2.24, 2.45) is 0 Å². The molecule has 0 radical (unpaired) electrons. The van der Waals surface area contributed by atoms with E-state index in [2.05, 4.69) is 17.3 Å². The van der Waals surface area contributed by atoms with Gasteiger partial charge in [-0.3, -0.25) is 0 Å². The van der Waals surface area contributed by atoms with Crippen LogP contribution in [0.1, 0.15) is 5.56 Å². The normalized spacial score (nSPS) is 10.1. The lowest BCUT2D eigenvalue weighted by Gasteiger charge is -2.20. The fourth-order valence-corrected chi connectivity index (χ4v) is 1.96. The fraction of sp³-hybridized carbons (Fsp3) is 0.571. The molecule has 0 bridgehead atoms. The van der Waals surface area contributed by atoms with Gasteiger partial charge in [0.05, 0.1) is 21.3 Å². The van der Waals surface area contributed by atoms with Crippen molar-refractivity contribution in [1.82, 2.24) is 10.2 Å². The summed E-state index contributed by atoms with van der Waals surface area (Å²) in [6, 6.07) is 3.92. The number of halogens is 1. The molecule has 5 nitrogen and oxygen atoms in total. The molecule has 0 amide bonds. The molecule has 0 aliphatic heterocycles. The molecule has 1 aromatic rings. The predicted molar refractivity (Wildman–Crippen MR) is 83.6 cm³/mol. The Hall–Kier alpha value is -1.17. The van der Waals surface area contributed by atoms with Crippen molar-refractivity contribution < 1.29 is 14.2 Å². The highest BCUT2D eigenvalue weighted by Crippen LogP contribution is 2.39. The van der Waals surface area contributed by atoms with Crippen molar-refractivity contribution in [1.29, 1.82) is 0 Å². The Kier molecular flexibility index (Phi) is 9.12. The summed E-state index contributed by atoms with van der Waals surface area (Å²) in [5.74, 6) is 2.06. The smallest absolute Gasteiger partial charge is 0.203 e. The Morgan fingerprint density at radius 2 is 1.70 bits per heavy atom. The third kappa shape index (κ3) is 4.74. The van der Waals surface area contributed by atoms with Crippen molar-refractivity contribution in [2.75, 3.05) is 48.5 Å². The quantitative estimate of drug-likeness (QED) is 0.793. The highest BCUT2D eigenvalue weighted by atomic mass is 35.5. The van der Waals surface area contributed by atoms with Gasteiger partial charge in [-0.25, -0.2) is 0 Å². The minimum Gasteiger partial charge on any atom is -0.493 e. The molecule has 20 heavy (non-hydrogen) atoms. The Balaban J connectivity index is 0.00000361. The molecule has 116 valence electrons. The lowest BCUT2D eigenvalue weighted by molar-refractivity contribution is 0.301. The van der Waals surface area contributed by atoms with Crippen LogP contribution < -0.4 is 19.5 Å². The Bertz CT molecular complexity index is 402. The highest BCUT2D eigenvalue weighted by Gasteiger charge is 2.16. The van der Waals surface area contributed by atoms with E-state index < -0.39 is 0 Å². The molecule has 1 rings (SSSR count). The van der Waals surface area contributed by atoms with Crippen LogP contribution in [0.4, 0.5) is 0 Å². The molecule has 0 atom stereocenters. The zero-order valence-corrected chi connectivity index (χ0v) is 13.7.